The van der Waals surface area contributed by atoms with Crippen molar-refractivity contribution in [3.8, 4) is 0 Å². The molecule has 0 N–H and O–H groups in total. The fourth-order valence-corrected chi connectivity index (χ4v) is 1.92. The molecule has 0 aromatic heterocycles. The zero-order valence-corrected chi connectivity index (χ0v) is 5.47. The highest BCUT2D eigenvalue weighted by molar-refractivity contribution is 5.61. The fourth-order valence-electron chi connectivity index (χ4n) is 1.92. The average molecular weight is 125 g/mol. The van der Waals surface area contributed by atoms with E-state index in [9.17, 15) is 4.79 Å². The predicted molar refractivity (Wildman–Crippen MR) is 34.2 cm³/mol. The van der Waals surface area contributed by atoms with Gasteiger partial charge in [-0.15, -0.1) is 0 Å². The second-order valence-electron chi connectivity index (χ2n) is 3.26. The van der Waals surface area contributed by atoms with Crippen LogP contribution in [-0.4, -0.2) is 30.8 Å². The van der Waals surface area contributed by atoms with Crippen LogP contribution in [0.25, 0.3) is 0 Å². The molecule has 50 valence electrons. The van der Waals surface area contributed by atoms with Gasteiger partial charge in [0.1, 0.15) is 6.29 Å². The molecule has 0 aliphatic carbocycles. The van der Waals surface area contributed by atoms with Gasteiger partial charge in [0.25, 0.3) is 0 Å². The van der Waals surface area contributed by atoms with Crippen molar-refractivity contribution in [3.63, 3.8) is 0 Å². The van der Waals surface area contributed by atoms with E-state index in [0.29, 0.717) is 0 Å². The maximum Gasteiger partial charge on any atom is 0.127 e. The van der Waals surface area contributed by atoms with Gasteiger partial charge in [-0.3, -0.25) is 0 Å². The minimum atomic E-state index is 0.0972. The van der Waals surface area contributed by atoms with Crippen LogP contribution in [0.5, 0.6) is 0 Å². The van der Waals surface area contributed by atoms with Gasteiger partial charge < -0.3 is 9.69 Å². The van der Waals surface area contributed by atoms with Gasteiger partial charge in [-0.1, -0.05) is 0 Å². The number of carbonyl (C=O) groups excluding carboxylic acids is 1. The number of piperidine rings is 1. The van der Waals surface area contributed by atoms with Gasteiger partial charge in [-0.25, -0.2) is 0 Å². The van der Waals surface area contributed by atoms with Gasteiger partial charge >= 0.3 is 0 Å². The largest absolute Gasteiger partial charge is 0.303 e. The Morgan fingerprint density at radius 1 is 1.33 bits per heavy atom. The molecule has 2 nitrogen and oxygen atoms in total. The first-order valence-corrected chi connectivity index (χ1v) is 3.53. The van der Waals surface area contributed by atoms with Gasteiger partial charge in [-0.2, -0.15) is 0 Å². The van der Waals surface area contributed by atoms with Gasteiger partial charge in [0.05, 0.1) is 0 Å². The van der Waals surface area contributed by atoms with Crippen molar-refractivity contribution in [2.24, 2.45) is 5.41 Å². The third kappa shape index (κ3) is 0.628. The van der Waals surface area contributed by atoms with E-state index in [2.05, 4.69) is 4.90 Å². The van der Waals surface area contributed by atoms with Gasteiger partial charge in [0.15, 0.2) is 0 Å². The first-order valence-electron chi connectivity index (χ1n) is 3.53. The van der Waals surface area contributed by atoms with Crippen LogP contribution >= 0.6 is 0 Å². The highest BCUT2D eigenvalue weighted by Gasteiger charge is 2.43. The van der Waals surface area contributed by atoms with E-state index < -0.39 is 0 Å². The Morgan fingerprint density at radius 2 is 2.00 bits per heavy atom. The van der Waals surface area contributed by atoms with Crippen LogP contribution in [-0.2, 0) is 4.79 Å². The maximum atomic E-state index is 10.6. The summed E-state index contributed by atoms with van der Waals surface area (Å²) in [6, 6.07) is 0. The third-order valence-corrected chi connectivity index (χ3v) is 2.64. The van der Waals surface area contributed by atoms with Gasteiger partial charge in [0, 0.05) is 12.0 Å². The van der Waals surface area contributed by atoms with E-state index in [0.717, 1.165) is 32.5 Å². The molecule has 2 bridgehead atoms. The van der Waals surface area contributed by atoms with E-state index in [1.165, 1.54) is 6.29 Å². The normalized spacial score (nSPS) is 47.8. The number of fused-ring (bicyclic) bond motifs is 2. The van der Waals surface area contributed by atoms with Crippen molar-refractivity contribution < 1.29 is 4.79 Å². The predicted octanol–water partition coefficient (Wildman–Crippen LogP) is 0.281. The Labute approximate surface area is 54.8 Å². The molecule has 2 aliphatic rings. The lowest BCUT2D eigenvalue weighted by atomic mass is 9.87. The minimum absolute atomic E-state index is 0.0972. The SMILES string of the molecule is O=CC12CCN(CC1)C2. The molecule has 0 radical (unpaired) electrons. The molecule has 9 heavy (non-hydrogen) atoms. The first kappa shape index (κ1) is 5.42. The van der Waals surface area contributed by atoms with Crippen LogP contribution in [0.4, 0.5) is 0 Å². The van der Waals surface area contributed by atoms with E-state index in [4.69, 9.17) is 0 Å². The van der Waals surface area contributed by atoms with E-state index in [1.807, 2.05) is 0 Å². The molecule has 2 heterocycles. The van der Waals surface area contributed by atoms with Crippen LogP contribution in [0.2, 0.25) is 0 Å². The van der Waals surface area contributed by atoms with Crippen molar-refractivity contribution in [2.75, 3.05) is 19.6 Å². The molecule has 2 fully saturated rings. The summed E-state index contributed by atoms with van der Waals surface area (Å²) in [6.45, 7) is 3.34. The highest BCUT2D eigenvalue weighted by atomic mass is 16.1. The lowest BCUT2D eigenvalue weighted by Gasteiger charge is -2.16. The van der Waals surface area contributed by atoms with E-state index >= 15 is 0 Å². The van der Waals surface area contributed by atoms with Crippen molar-refractivity contribution in [2.45, 2.75) is 12.8 Å². The average Bonchev–Trinajstić information content (AvgIpc) is 2.46. The van der Waals surface area contributed by atoms with Crippen LogP contribution in [0.1, 0.15) is 12.8 Å². The molecule has 2 rings (SSSR count). The van der Waals surface area contributed by atoms with Gasteiger partial charge in [0.2, 0.25) is 0 Å². The van der Waals surface area contributed by atoms with E-state index in [1.54, 1.807) is 0 Å². The Balaban J connectivity index is 2.21. The summed E-state index contributed by atoms with van der Waals surface area (Å²) < 4.78 is 0. The molecule has 0 spiro atoms. The number of aldehydes is 1. The lowest BCUT2D eigenvalue weighted by molar-refractivity contribution is -0.115. The van der Waals surface area contributed by atoms with Crippen LogP contribution in [0, 0.1) is 5.41 Å². The first-order chi connectivity index (χ1) is 4.35. The Morgan fingerprint density at radius 3 is 2.22 bits per heavy atom. The summed E-state index contributed by atoms with van der Waals surface area (Å²) in [5.74, 6) is 0. The Bertz CT molecular complexity index is 136. The molecule has 0 unspecified atom stereocenters. The highest BCUT2D eigenvalue weighted by Crippen LogP contribution is 2.37. The van der Waals surface area contributed by atoms with Gasteiger partial charge in [-0.05, 0) is 25.9 Å². The molecule has 0 aromatic carbocycles. The fraction of sp³-hybridized carbons (Fsp3) is 0.857. The quantitative estimate of drug-likeness (QED) is 0.469. The molecule has 0 atom stereocenters. The molecular weight excluding hydrogens is 114 g/mol. The second-order valence-corrected chi connectivity index (χ2v) is 3.26. The van der Waals surface area contributed by atoms with Crippen molar-refractivity contribution in [1.82, 2.24) is 4.90 Å². The molecule has 2 aliphatic heterocycles. The zero-order chi connectivity index (χ0) is 6.32. The molecular formula is C7H11NO. The molecule has 0 aromatic rings. The Hall–Kier alpha value is -0.370. The maximum absolute atomic E-state index is 10.6. The van der Waals surface area contributed by atoms with Crippen LogP contribution in [0.15, 0.2) is 0 Å². The van der Waals surface area contributed by atoms with Crippen molar-refractivity contribution in [3.05, 3.63) is 0 Å². The number of hydrogen-bond donors (Lipinski definition) is 0. The topological polar surface area (TPSA) is 20.3 Å². The molecule has 2 heteroatoms. The molecule has 0 saturated carbocycles. The lowest BCUT2D eigenvalue weighted by Crippen LogP contribution is -2.20. The third-order valence-electron chi connectivity index (χ3n) is 2.64. The number of carbonyl (C=O) groups is 1. The smallest absolute Gasteiger partial charge is 0.127 e. The molecule has 2 saturated heterocycles. The Kier molecular flexibility index (Phi) is 0.943. The monoisotopic (exact) mass is 125 g/mol. The number of nitrogens with zero attached hydrogens (tertiary/aromatic N) is 1. The standard InChI is InChI=1S/C7H11NO/c9-6-7-1-3-8(5-7)4-2-7/h6H,1-5H2. The molecule has 0 amide bonds. The number of hydrogen-bond acceptors (Lipinski definition) is 2. The zero-order valence-electron chi connectivity index (χ0n) is 5.47. The second kappa shape index (κ2) is 1.57. The minimum Gasteiger partial charge on any atom is -0.303 e. The summed E-state index contributed by atoms with van der Waals surface area (Å²) >= 11 is 0. The van der Waals surface area contributed by atoms with Crippen molar-refractivity contribution in [1.29, 1.82) is 0 Å². The summed E-state index contributed by atoms with van der Waals surface area (Å²) in [5.41, 5.74) is 0.0972. The summed E-state index contributed by atoms with van der Waals surface area (Å²) in [6.07, 6.45) is 3.38. The van der Waals surface area contributed by atoms with Crippen LogP contribution < -0.4 is 0 Å². The summed E-state index contributed by atoms with van der Waals surface area (Å²) in [5, 5.41) is 0. The van der Waals surface area contributed by atoms with Crippen LogP contribution in [0.3, 0.4) is 0 Å². The summed E-state index contributed by atoms with van der Waals surface area (Å²) in [7, 11) is 0. The van der Waals surface area contributed by atoms with E-state index in [-0.39, 0.29) is 5.41 Å². The number of rotatable bonds is 1. The summed E-state index contributed by atoms with van der Waals surface area (Å²) in [4.78, 5) is 12.9. The van der Waals surface area contributed by atoms with Crippen molar-refractivity contribution >= 4 is 6.29 Å².